The molecule has 0 aromatic carbocycles. The van der Waals surface area contributed by atoms with Gasteiger partial charge in [0, 0.05) is 16.0 Å². The van der Waals surface area contributed by atoms with Crippen LogP contribution in [0.5, 0.6) is 0 Å². The number of thioether (sulfide) groups is 1. The summed E-state index contributed by atoms with van der Waals surface area (Å²) in [7, 11) is 0. The molecule has 0 spiro atoms. The number of rotatable bonds is 6. The highest BCUT2D eigenvalue weighted by Crippen LogP contribution is 2.27. The number of anilines is 1. The van der Waals surface area contributed by atoms with E-state index in [2.05, 4.69) is 10.3 Å². The smallest absolute Gasteiger partial charge is 0.338 e. The van der Waals surface area contributed by atoms with Gasteiger partial charge in [0.2, 0.25) is 5.91 Å². The Kier molecular flexibility index (Phi) is 5.38. The molecule has 0 bridgehead atoms. The molecule has 2 aromatic heterocycles. The summed E-state index contributed by atoms with van der Waals surface area (Å²) in [6, 6.07) is 1.56. The first-order valence-corrected chi connectivity index (χ1v) is 8.93. The van der Waals surface area contributed by atoms with Crippen LogP contribution in [0.2, 0.25) is 0 Å². The first-order valence-electron chi connectivity index (χ1n) is 6.08. The van der Waals surface area contributed by atoms with Gasteiger partial charge >= 0.3 is 5.97 Å². The van der Waals surface area contributed by atoms with E-state index < -0.39 is 5.97 Å². The maximum absolute atomic E-state index is 11.9. The predicted octanol–water partition coefficient (Wildman–Crippen LogP) is 3.39. The van der Waals surface area contributed by atoms with E-state index in [1.165, 1.54) is 23.1 Å². The lowest BCUT2D eigenvalue weighted by Crippen LogP contribution is -2.15. The van der Waals surface area contributed by atoms with E-state index in [0.717, 1.165) is 15.6 Å². The summed E-state index contributed by atoms with van der Waals surface area (Å²) in [5, 5.41) is 15.1. The van der Waals surface area contributed by atoms with Gasteiger partial charge in [-0.25, -0.2) is 9.78 Å². The van der Waals surface area contributed by atoms with Crippen molar-refractivity contribution in [3.05, 3.63) is 32.6 Å². The number of thiophene rings is 1. The molecule has 0 radical (unpaired) electrons. The van der Waals surface area contributed by atoms with Crippen LogP contribution >= 0.6 is 34.4 Å². The summed E-state index contributed by atoms with van der Waals surface area (Å²) in [5.41, 5.74) is 1.11. The molecular weight excluding hydrogens is 328 g/mol. The van der Waals surface area contributed by atoms with Crippen LogP contribution in [0.15, 0.2) is 11.4 Å². The number of carboxylic acids is 1. The number of hydrogen-bond donors (Lipinski definition) is 2. The second kappa shape index (κ2) is 7.06. The van der Waals surface area contributed by atoms with E-state index in [1.54, 1.807) is 17.4 Å². The fourth-order valence-corrected chi connectivity index (χ4v) is 4.01. The number of nitrogens with one attached hydrogen (secondary N) is 1. The molecule has 0 aliphatic carbocycles. The molecule has 8 heteroatoms. The molecule has 2 aromatic rings. The molecule has 1 amide bonds. The maximum Gasteiger partial charge on any atom is 0.338 e. The van der Waals surface area contributed by atoms with Crippen LogP contribution in [0.25, 0.3) is 0 Å². The minimum absolute atomic E-state index is 0.144. The van der Waals surface area contributed by atoms with Crippen molar-refractivity contribution in [1.82, 2.24) is 4.98 Å². The normalized spacial score (nSPS) is 10.6. The van der Waals surface area contributed by atoms with Crippen LogP contribution in [0.4, 0.5) is 5.00 Å². The van der Waals surface area contributed by atoms with Crippen LogP contribution in [-0.4, -0.2) is 27.7 Å². The van der Waals surface area contributed by atoms with E-state index in [0.29, 0.717) is 10.8 Å². The average molecular weight is 342 g/mol. The van der Waals surface area contributed by atoms with Gasteiger partial charge in [-0.3, -0.25) is 4.79 Å². The molecule has 0 unspecified atom stereocenters. The highest BCUT2D eigenvalue weighted by atomic mass is 32.2. The summed E-state index contributed by atoms with van der Waals surface area (Å²) >= 11 is 4.31. The number of carboxylic acid groups (broad SMARTS) is 1. The Morgan fingerprint density at radius 3 is 2.81 bits per heavy atom. The second-order valence-electron chi connectivity index (χ2n) is 4.30. The van der Waals surface area contributed by atoms with Crippen LogP contribution in [0.1, 0.15) is 25.9 Å². The fourth-order valence-electron chi connectivity index (χ4n) is 1.65. The Hall–Kier alpha value is -1.38. The number of aromatic carboxylic acids is 1. The zero-order chi connectivity index (χ0) is 15.4. The van der Waals surface area contributed by atoms with E-state index in [1.807, 2.05) is 19.2 Å². The Morgan fingerprint density at radius 2 is 2.19 bits per heavy atom. The number of carbonyl (C=O) groups is 2. The summed E-state index contributed by atoms with van der Waals surface area (Å²) in [6.45, 7) is 3.75. The molecular formula is C13H14N2O3S3. The van der Waals surface area contributed by atoms with Gasteiger partial charge in [-0.15, -0.1) is 34.4 Å². The molecule has 0 atom stereocenters. The van der Waals surface area contributed by atoms with Crippen LogP contribution < -0.4 is 5.32 Å². The molecule has 2 N–H and O–H groups in total. The molecule has 0 aliphatic heterocycles. The third kappa shape index (κ3) is 4.55. The lowest BCUT2D eigenvalue weighted by Gasteiger charge is -2.03. The zero-order valence-corrected chi connectivity index (χ0v) is 14.0. The van der Waals surface area contributed by atoms with Gasteiger partial charge < -0.3 is 10.4 Å². The van der Waals surface area contributed by atoms with Crippen molar-refractivity contribution < 1.29 is 14.7 Å². The Morgan fingerprint density at radius 1 is 1.43 bits per heavy atom. The highest BCUT2D eigenvalue weighted by Gasteiger charge is 2.15. The van der Waals surface area contributed by atoms with Crippen molar-refractivity contribution in [2.45, 2.75) is 19.6 Å². The number of aromatic nitrogens is 1. The third-order valence-corrected chi connectivity index (χ3v) is 5.24. The third-order valence-electron chi connectivity index (χ3n) is 2.49. The number of nitrogens with zero attached hydrogens (tertiary/aromatic N) is 1. The van der Waals surface area contributed by atoms with Gasteiger partial charge in [0.25, 0.3) is 0 Å². The van der Waals surface area contributed by atoms with E-state index in [9.17, 15) is 9.59 Å². The maximum atomic E-state index is 11.9. The molecule has 21 heavy (non-hydrogen) atoms. The minimum Gasteiger partial charge on any atom is -0.478 e. The molecule has 0 aliphatic rings. The lowest BCUT2D eigenvalue weighted by atomic mass is 10.3. The van der Waals surface area contributed by atoms with E-state index >= 15 is 0 Å². The number of amides is 1. The highest BCUT2D eigenvalue weighted by molar-refractivity contribution is 7.99. The van der Waals surface area contributed by atoms with Gasteiger partial charge in [-0.1, -0.05) is 0 Å². The van der Waals surface area contributed by atoms with Crippen molar-refractivity contribution in [3.8, 4) is 0 Å². The molecule has 112 valence electrons. The Labute approximate surface area is 134 Å². The van der Waals surface area contributed by atoms with Gasteiger partial charge in [-0.2, -0.15) is 0 Å². The standard InChI is InChI=1S/C13H14N2O3S3/c1-7-3-10(13(17)18)12(21-7)15-11(16)6-19-4-9-5-20-8(2)14-9/h3,5H,4,6H2,1-2H3,(H,15,16)(H,17,18). The Bertz CT molecular complexity index is 663. The summed E-state index contributed by atoms with van der Waals surface area (Å²) in [4.78, 5) is 28.1. The van der Waals surface area contributed by atoms with Gasteiger partial charge in [0.05, 0.1) is 22.0 Å². The van der Waals surface area contributed by atoms with Crippen molar-refractivity contribution in [3.63, 3.8) is 0 Å². The van der Waals surface area contributed by atoms with Gasteiger partial charge in [-0.05, 0) is 19.9 Å². The zero-order valence-electron chi connectivity index (χ0n) is 11.5. The Balaban J connectivity index is 1.86. The van der Waals surface area contributed by atoms with Crippen molar-refractivity contribution in [2.24, 2.45) is 0 Å². The topological polar surface area (TPSA) is 79.3 Å². The van der Waals surface area contributed by atoms with Crippen LogP contribution in [0, 0.1) is 13.8 Å². The fraction of sp³-hybridized carbons (Fsp3) is 0.308. The van der Waals surface area contributed by atoms with Crippen molar-refractivity contribution in [1.29, 1.82) is 0 Å². The monoisotopic (exact) mass is 342 g/mol. The van der Waals surface area contributed by atoms with E-state index in [-0.39, 0.29) is 17.2 Å². The summed E-state index contributed by atoms with van der Waals surface area (Å²) in [5.74, 6) is -0.281. The van der Waals surface area contributed by atoms with Crippen LogP contribution in [0.3, 0.4) is 0 Å². The number of thiazole rings is 1. The SMILES string of the molecule is Cc1cc(C(=O)O)c(NC(=O)CSCc2csc(C)n2)s1. The largest absolute Gasteiger partial charge is 0.478 e. The number of hydrogen-bond acceptors (Lipinski definition) is 6. The summed E-state index contributed by atoms with van der Waals surface area (Å²) < 4.78 is 0. The van der Waals surface area contributed by atoms with Crippen molar-refractivity contribution >= 4 is 51.3 Å². The number of aryl methyl sites for hydroxylation is 2. The summed E-state index contributed by atoms with van der Waals surface area (Å²) in [6.07, 6.45) is 0. The van der Waals surface area contributed by atoms with Gasteiger partial charge in [0.15, 0.2) is 0 Å². The predicted molar refractivity (Wildman–Crippen MR) is 87.7 cm³/mol. The molecule has 0 fully saturated rings. The van der Waals surface area contributed by atoms with Crippen LogP contribution in [-0.2, 0) is 10.5 Å². The minimum atomic E-state index is -1.03. The molecule has 5 nitrogen and oxygen atoms in total. The molecule has 2 rings (SSSR count). The van der Waals surface area contributed by atoms with Crippen molar-refractivity contribution in [2.75, 3.05) is 11.1 Å². The quantitative estimate of drug-likeness (QED) is 0.841. The number of carbonyl (C=O) groups excluding carboxylic acids is 1. The molecule has 0 saturated heterocycles. The first-order chi connectivity index (χ1) is 9.95. The van der Waals surface area contributed by atoms with E-state index in [4.69, 9.17) is 5.11 Å². The molecule has 0 saturated carbocycles. The second-order valence-corrected chi connectivity index (χ2v) is 7.61. The lowest BCUT2D eigenvalue weighted by molar-refractivity contribution is -0.113. The van der Waals surface area contributed by atoms with Gasteiger partial charge in [0.1, 0.15) is 5.00 Å². The first kappa shape index (κ1) is 16.0. The molecule has 2 heterocycles. The average Bonchev–Trinajstić information content (AvgIpc) is 2.96.